The van der Waals surface area contributed by atoms with Gasteiger partial charge in [0, 0.05) is 5.56 Å². The van der Waals surface area contributed by atoms with Crippen LogP contribution in [0, 0.1) is 0 Å². The highest BCUT2D eigenvalue weighted by Crippen LogP contribution is 2.33. The zero-order valence-electron chi connectivity index (χ0n) is 11.6. The Morgan fingerprint density at radius 3 is 2.65 bits per heavy atom. The Morgan fingerprint density at radius 2 is 2.00 bits per heavy atom. The van der Waals surface area contributed by atoms with E-state index >= 15 is 0 Å². The van der Waals surface area contributed by atoms with Crippen LogP contribution in [0.3, 0.4) is 0 Å². The van der Waals surface area contributed by atoms with Crippen LogP contribution >= 0.6 is 0 Å². The van der Waals surface area contributed by atoms with Crippen LogP contribution in [-0.4, -0.2) is 19.3 Å². The maximum atomic E-state index is 5.90. The average Bonchev–Trinajstić information content (AvgIpc) is 3.30. The standard InChI is InChI=1S/C18H18O2/c1-13(2)15-8-9-18(20-12-16-11-19-16)17(10-15)14-6-4-3-5-7-14/h3-10,16H,1,11-12H2,2H3. The highest BCUT2D eigenvalue weighted by Gasteiger charge is 2.23. The molecule has 0 amide bonds. The van der Waals surface area contributed by atoms with Gasteiger partial charge in [0.25, 0.3) is 0 Å². The molecular weight excluding hydrogens is 248 g/mol. The van der Waals surface area contributed by atoms with E-state index < -0.39 is 0 Å². The quantitative estimate of drug-likeness (QED) is 0.758. The summed E-state index contributed by atoms with van der Waals surface area (Å²) in [5, 5.41) is 0. The van der Waals surface area contributed by atoms with Gasteiger partial charge in [-0.15, -0.1) is 0 Å². The van der Waals surface area contributed by atoms with Crippen molar-refractivity contribution in [1.29, 1.82) is 0 Å². The third-order valence-corrected chi connectivity index (χ3v) is 3.38. The van der Waals surface area contributed by atoms with Gasteiger partial charge in [-0.25, -0.2) is 0 Å². The summed E-state index contributed by atoms with van der Waals surface area (Å²) in [5.41, 5.74) is 4.45. The Kier molecular flexibility index (Phi) is 3.57. The molecule has 20 heavy (non-hydrogen) atoms. The third kappa shape index (κ3) is 2.91. The van der Waals surface area contributed by atoms with E-state index in [9.17, 15) is 0 Å². The molecule has 1 atom stereocenters. The molecule has 0 aromatic heterocycles. The lowest BCUT2D eigenvalue weighted by molar-refractivity contribution is 0.264. The molecule has 1 aliphatic heterocycles. The predicted molar refractivity (Wildman–Crippen MR) is 81.8 cm³/mol. The summed E-state index contributed by atoms with van der Waals surface area (Å²) in [6, 6.07) is 16.5. The molecule has 2 aromatic carbocycles. The third-order valence-electron chi connectivity index (χ3n) is 3.38. The molecule has 1 aliphatic rings. The van der Waals surface area contributed by atoms with E-state index in [0.717, 1.165) is 34.6 Å². The molecule has 0 spiro atoms. The zero-order valence-corrected chi connectivity index (χ0v) is 11.6. The van der Waals surface area contributed by atoms with Crippen LogP contribution in [0.2, 0.25) is 0 Å². The van der Waals surface area contributed by atoms with Crippen molar-refractivity contribution in [1.82, 2.24) is 0 Å². The second kappa shape index (κ2) is 5.51. The first-order valence-electron chi connectivity index (χ1n) is 6.84. The Bertz CT molecular complexity index is 613. The highest BCUT2D eigenvalue weighted by molar-refractivity contribution is 5.75. The molecule has 2 aromatic rings. The van der Waals surface area contributed by atoms with Crippen molar-refractivity contribution >= 4 is 5.57 Å². The molecule has 0 N–H and O–H groups in total. The number of rotatable bonds is 5. The van der Waals surface area contributed by atoms with Gasteiger partial charge in [-0.1, -0.05) is 48.6 Å². The van der Waals surface area contributed by atoms with E-state index in [1.165, 1.54) is 0 Å². The van der Waals surface area contributed by atoms with E-state index in [1.807, 2.05) is 31.2 Å². The number of allylic oxidation sites excluding steroid dienone is 1. The number of epoxide rings is 1. The fourth-order valence-electron chi connectivity index (χ4n) is 2.11. The molecule has 2 nitrogen and oxygen atoms in total. The summed E-state index contributed by atoms with van der Waals surface area (Å²) >= 11 is 0. The van der Waals surface area contributed by atoms with Crippen molar-refractivity contribution in [3.8, 4) is 16.9 Å². The molecule has 0 bridgehead atoms. The summed E-state index contributed by atoms with van der Waals surface area (Å²) < 4.78 is 11.1. The number of ether oxygens (including phenoxy) is 2. The van der Waals surface area contributed by atoms with Gasteiger partial charge >= 0.3 is 0 Å². The minimum atomic E-state index is 0.263. The van der Waals surface area contributed by atoms with E-state index in [2.05, 4.69) is 30.8 Å². The molecule has 2 heteroatoms. The first-order chi connectivity index (χ1) is 9.74. The van der Waals surface area contributed by atoms with Crippen LogP contribution in [0.4, 0.5) is 0 Å². The van der Waals surface area contributed by atoms with E-state index in [1.54, 1.807) is 0 Å². The lowest BCUT2D eigenvalue weighted by atomic mass is 9.99. The van der Waals surface area contributed by atoms with Crippen LogP contribution in [0.25, 0.3) is 16.7 Å². The second-order valence-electron chi connectivity index (χ2n) is 5.12. The fourth-order valence-corrected chi connectivity index (χ4v) is 2.11. The maximum absolute atomic E-state index is 5.90. The molecule has 1 fully saturated rings. The summed E-state index contributed by atoms with van der Waals surface area (Å²) in [7, 11) is 0. The van der Waals surface area contributed by atoms with E-state index in [-0.39, 0.29) is 6.10 Å². The number of hydrogen-bond donors (Lipinski definition) is 0. The average molecular weight is 266 g/mol. The summed E-state index contributed by atoms with van der Waals surface area (Å²) in [6.07, 6.45) is 0.263. The summed E-state index contributed by atoms with van der Waals surface area (Å²) in [6.45, 7) is 7.46. The molecule has 102 valence electrons. The largest absolute Gasteiger partial charge is 0.490 e. The maximum Gasteiger partial charge on any atom is 0.127 e. The Balaban J connectivity index is 1.97. The Hall–Kier alpha value is -2.06. The molecule has 0 saturated carbocycles. The fraction of sp³-hybridized carbons (Fsp3) is 0.222. The van der Waals surface area contributed by atoms with Gasteiger partial charge in [-0.3, -0.25) is 0 Å². The molecule has 3 rings (SSSR count). The van der Waals surface area contributed by atoms with Crippen LogP contribution in [0.5, 0.6) is 5.75 Å². The van der Waals surface area contributed by atoms with Crippen molar-refractivity contribution in [2.24, 2.45) is 0 Å². The van der Waals surface area contributed by atoms with Gasteiger partial charge in [-0.2, -0.15) is 0 Å². The smallest absolute Gasteiger partial charge is 0.127 e. The molecule has 1 heterocycles. The van der Waals surface area contributed by atoms with Crippen molar-refractivity contribution < 1.29 is 9.47 Å². The van der Waals surface area contributed by atoms with Crippen LogP contribution < -0.4 is 4.74 Å². The first-order valence-corrected chi connectivity index (χ1v) is 6.84. The lowest BCUT2D eigenvalue weighted by Crippen LogP contribution is -2.05. The minimum absolute atomic E-state index is 0.263. The zero-order chi connectivity index (χ0) is 13.9. The van der Waals surface area contributed by atoms with Crippen LogP contribution in [0.1, 0.15) is 12.5 Å². The van der Waals surface area contributed by atoms with E-state index in [4.69, 9.17) is 9.47 Å². The van der Waals surface area contributed by atoms with Gasteiger partial charge in [-0.05, 0) is 30.2 Å². The van der Waals surface area contributed by atoms with Gasteiger partial charge in [0.05, 0.1) is 6.61 Å². The van der Waals surface area contributed by atoms with E-state index in [0.29, 0.717) is 6.61 Å². The van der Waals surface area contributed by atoms with Crippen molar-refractivity contribution in [2.45, 2.75) is 13.0 Å². The molecular formula is C18H18O2. The second-order valence-corrected chi connectivity index (χ2v) is 5.12. The van der Waals surface area contributed by atoms with Crippen molar-refractivity contribution in [2.75, 3.05) is 13.2 Å². The summed E-state index contributed by atoms with van der Waals surface area (Å²) in [5.74, 6) is 0.900. The predicted octanol–water partition coefficient (Wildman–Crippen LogP) is 4.16. The highest BCUT2D eigenvalue weighted by atomic mass is 16.6. The summed E-state index contributed by atoms with van der Waals surface area (Å²) in [4.78, 5) is 0. The monoisotopic (exact) mass is 266 g/mol. The van der Waals surface area contributed by atoms with Gasteiger partial charge in [0.15, 0.2) is 0 Å². The Morgan fingerprint density at radius 1 is 1.25 bits per heavy atom. The van der Waals surface area contributed by atoms with Gasteiger partial charge in [0.1, 0.15) is 18.5 Å². The minimum Gasteiger partial charge on any atom is -0.490 e. The van der Waals surface area contributed by atoms with Gasteiger partial charge in [0.2, 0.25) is 0 Å². The Labute approximate surface area is 119 Å². The van der Waals surface area contributed by atoms with Crippen LogP contribution in [0.15, 0.2) is 55.1 Å². The topological polar surface area (TPSA) is 21.8 Å². The molecule has 1 saturated heterocycles. The molecule has 0 radical (unpaired) electrons. The normalized spacial score (nSPS) is 16.8. The number of hydrogen-bond acceptors (Lipinski definition) is 2. The first kappa shape index (κ1) is 12.9. The lowest BCUT2D eigenvalue weighted by Gasteiger charge is -2.13. The molecule has 1 unspecified atom stereocenters. The molecule has 0 aliphatic carbocycles. The number of benzene rings is 2. The SMILES string of the molecule is C=C(C)c1ccc(OCC2CO2)c(-c2ccccc2)c1. The van der Waals surface area contributed by atoms with Crippen molar-refractivity contribution in [3.05, 3.63) is 60.7 Å². The van der Waals surface area contributed by atoms with Crippen LogP contribution in [-0.2, 0) is 4.74 Å². The van der Waals surface area contributed by atoms with Crippen molar-refractivity contribution in [3.63, 3.8) is 0 Å². The van der Waals surface area contributed by atoms with Gasteiger partial charge < -0.3 is 9.47 Å².